The van der Waals surface area contributed by atoms with Gasteiger partial charge in [0, 0.05) is 17.3 Å². The molecule has 0 fully saturated rings. The number of fused-ring (bicyclic) bond motifs is 1. The lowest BCUT2D eigenvalue weighted by Gasteiger charge is -2.21. The number of nitrogens with one attached hydrogen (secondary N) is 2. The Balaban J connectivity index is 1.90. The quantitative estimate of drug-likeness (QED) is 0.512. The highest BCUT2D eigenvalue weighted by Crippen LogP contribution is 2.16. The first kappa shape index (κ1) is 13.9. The summed E-state index contributed by atoms with van der Waals surface area (Å²) in [6, 6.07) is 16.8. The highest BCUT2D eigenvalue weighted by atomic mass is 16.2. The van der Waals surface area contributed by atoms with Crippen molar-refractivity contribution in [2.24, 2.45) is 5.73 Å². The predicted octanol–water partition coefficient (Wildman–Crippen LogP) is 2.70. The van der Waals surface area contributed by atoms with Crippen molar-refractivity contribution < 1.29 is 4.79 Å². The summed E-state index contributed by atoms with van der Waals surface area (Å²) in [4.78, 5) is 17.0. The van der Waals surface area contributed by atoms with E-state index < -0.39 is 0 Å². The Labute approximate surface area is 127 Å². The molecule has 0 aliphatic carbocycles. The fraction of sp³-hybridized carbons (Fsp3) is 0.0588. The minimum atomic E-state index is -0.284. The number of aromatic amines is 1. The molecule has 0 atom stereocenters. The third-order valence-electron chi connectivity index (χ3n) is 3.52. The normalized spacial score (nSPS) is 10.5. The molecule has 1 heterocycles. The molecule has 22 heavy (non-hydrogen) atoms. The number of hydrogen-bond donors (Lipinski definition) is 3. The van der Waals surface area contributed by atoms with Crippen LogP contribution in [0.5, 0.6) is 0 Å². The molecule has 1 aromatic heterocycles. The summed E-state index contributed by atoms with van der Waals surface area (Å²) in [5, 5.41) is 8.72. The molecule has 0 unspecified atom stereocenters. The molecule has 0 spiro atoms. The molecule has 5 heteroatoms. The number of H-pyrrole nitrogens is 1. The highest BCUT2D eigenvalue weighted by molar-refractivity contribution is 6.06. The summed E-state index contributed by atoms with van der Waals surface area (Å²) in [5.74, 6) is -0.548. The molecule has 0 radical (unpaired) electrons. The van der Waals surface area contributed by atoms with Gasteiger partial charge in [0.25, 0.3) is 5.91 Å². The summed E-state index contributed by atoms with van der Waals surface area (Å²) < 4.78 is 0. The molecule has 110 valence electrons. The van der Waals surface area contributed by atoms with Crippen molar-refractivity contribution in [3.05, 3.63) is 71.9 Å². The molecule has 3 rings (SSSR count). The van der Waals surface area contributed by atoms with E-state index >= 15 is 0 Å². The van der Waals surface area contributed by atoms with Gasteiger partial charge in [-0.2, -0.15) is 0 Å². The summed E-state index contributed by atoms with van der Waals surface area (Å²) in [6.07, 6.45) is 1.83. The molecule has 0 bridgehead atoms. The van der Waals surface area contributed by atoms with Crippen LogP contribution in [-0.2, 0) is 6.54 Å². The molecule has 2 aromatic carbocycles. The first-order chi connectivity index (χ1) is 10.6. The number of carbonyl (C=O) groups is 1. The molecular weight excluding hydrogens is 276 g/mol. The van der Waals surface area contributed by atoms with E-state index in [2.05, 4.69) is 4.98 Å². The smallest absolute Gasteiger partial charge is 0.260 e. The van der Waals surface area contributed by atoms with Crippen molar-refractivity contribution in [3.8, 4) is 0 Å². The number of nitrogens with zero attached hydrogens (tertiary/aromatic N) is 1. The van der Waals surface area contributed by atoms with Crippen LogP contribution in [0.4, 0.5) is 0 Å². The Kier molecular flexibility index (Phi) is 3.62. The number of rotatable bonds is 3. The molecule has 0 aliphatic heterocycles. The van der Waals surface area contributed by atoms with Crippen molar-refractivity contribution in [2.45, 2.75) is 6.54 Å². The Hall–Kier alpha value is -3.08. The van der Waals surface area contributed by atoms with Crippen LogP contribution in [0, 0.1) is 5.41 Å². The van der Waals surface area contributed by atoms with Crippen molar-refractivity contribution in [2.75, 3.05) is 0 Å². The molecule has 0 saturated carbocycles. The maximum atomic E-state index is 12.6. The Bertz CT molecular complexity index is 823. The van der Waals surface area contributed by atoms with Gasteiger partial charge in [-0.3, -0.25) is 15.1 Å². The van der Waals surface area contributed by atoms with E-state index in [-0.39, 0.29) is 18.4 Å². The largest absolute Gasteiger partial charge is 0.370 e. The Morgan fingerprint density at radius 2 is 1.91 bits per heavy atom. The van der Waals surface area contributed by atoms with E-state index in [9.17, 15) is 4.79 Å². The first-order valence-corrected chi connectivity index (χ1v) is 6.92. The van der Waals surface area contributed by atoms with Crippen LogP contribution < -0.4 is 5.73 Å². The fourth-order valence-corrected chi connectivity index (χ4v) is 2.37. The van der Waals surface area contributed by atoms with Gasteiger partial charge in [0.15, 0.2) is 5.96 Å². The summed E-state index contributed by atoms with van der Waals surface area (Å²) in [7, 11) is 0. The predicted molar refractivity (Wildman–Crippen MR) is 86.5 cm³/mol. The summed E-state index contributed by atoms with van der Waals surface area (Å²) in [6.45, 7) is 0.276. The maximum Gasteiger partial charge on any atom is 0.260 e. The standard InChI is InChI=1S/C17H16N4O/c18-17(19)21(11-12-4-2-1-3-5-12)16(22)14-7-6-13-8-9-20-15(13)10-14/h1-10,20H,11H2,(H3,18,19). The lowest BCUT2D eigenvalue weighted by molar-refractivity contribution is 0.0837. The minimum Gasteiger partial charge on any atom is -0.370 e. The van der Waals surface area contributed by atoms with Crippen LogP contribution in [0.2, 0.25) is 0 Å². The van der Waals surface area contributed by atoms with Crippen LogP contribution in [0.3, 0.4) is 0 Å². The van der Waals surface area contributed by atoms with Crippen LogP contribution in [0.1, 0.15) is 15.9 Å². The molecule has 1 amide bonds. The highest BCUT2D eigenvalue weighted by Gasteiger charge is 2.19. The molecule has 0 aliphatic rings. The summed E-state index contributed by atoms with van der Waals surface area (Å²) >= 11 is 0. The second-order valence-corrected chi connectivity index (χ2v) is 5.04. The molecule has 3 aromatic rings. The van der Waals surface area contributed by atoms with E-state index in [1.54, 1.807) is 12.1 Å². The minimum absolute atomic E-state index is 0.263. The zero-order valence-electron chi connectivity index (χ0n) is 11.9. The van der Waals surface area contributed by atoms with Gasteiger partial charge >= 0.3 is 0 Å². The van der Waals surface area contributed by atoms with Crippen LogP contribution >= 0.6 is 0 Å². The van der Waals surface area contributed by atoms with E-state index in [0.717, 1.165) is 16.5 Å². The van der Waals surface area contributed by atoms with Crippen molar-refractivity contribution >= 4 is 22.8 Å². The topological polar surface area (TPSA) is 86.0 Å². The maximum absolute atomic E-state index is 12.6. The number of amides is 1. The van der Waals surface area contributed by atoms with Gasteiger partial charge in [0.2, 0.25) is 0 Å². The summed E-state index contributed by atoms with van der Waals surface area (Å²) in [5.41, 5.74) is 7.90. The second kappa shape index (κ2) is 5.73. The van der Waals surface area contributed by atoms with Gasteiger partial charge in [-0.1, -0.05) is 36.4 Å². The first-order valence-electron chi connectivity index (χ1n) is 6.92. The number of aromatic nitrogens is 1. The number of nitrogens with two attached hydrogens (primary N) is 1. The SMILES string of the molecule is N=C(N)N(Cc1ccccc1)C(=O)c1ccc2cc[nH]c2c1. The van der Waals surface area contributed by atoms with Gasteiger partial charge in [0.1, 0.15) is 0 Å². The van der Waals surface area contributed by atoms with Gasteiger partial charge in [-0.25, -0.2) is 0 Å². The number of guanidine groups is 1. The number of carbonyl (C=O) groups excluding carboxylic acids is 1. The second-order valence-electron chi connectivity index (χ2n) is 5.04. The van der Waals surface area contributed by atoms with Crippen molar-refractivity contribution in [1.29, 1.82) is 5.41 Å². The van der Waals surface area contributed by atoms with Crippen molar-refractivity contribution in [3.63, 3.8) is 0 Å². The number of benzene rings is 2. The lowest BCUT2D eigenvalue weighted by atomic mass is 10.1. The van der Waals surface area contributed by atoms with Gasteiger partial charge in [0.05, 0.1) is 6.54 Å². The van der Waals surface area contributed by atoms with E-state index in [0.29, 0.717) is 5.56 Å². The monoisotopic (exact) mass is 292 g/mol. The van der Waals surface area contributed by atoms with Crippen LogP contribution in [0.25, 0.3) is 10.9 Å². The van der Waals surface area contributed by atoms with E-state index in [1.807, 2.05) is 48.7 Å². The zero-order chi connectivity index (χ0) is 15.5. The van der Waals surface area contributed by atoms with Gasteiger partial charge < -0.3 is 10.7 Å². The fourth-order valence-electron chi connectivity index (χ4n) is 2.37. The molecule has 5 nitrogen and oxygen atoms in total. The van der Waals surface area contributed by atoms with E-state index in [1.165, 1.54) is 4.90 Å². The zero-order valence-corrected chi connectivity index (χ0v) is 11.9. The van der Waals surface area contributed by atoms with Crippen LogP contribution in [-0.4, -0.2) is 21.8 Å². The van der Waals surface area contributed by atoms with Gasteiger partial charge in [-0.15, -0.1) is 0 Å². The molecule has 4 N–H and O–H groups in total. The Morgan fingerprint density at radius 3 is 2.64 bits per heavy atom. The van der Waals surface area contributed by atoms with E-state index in [4.69, 9.17) is 11.1 Å². The molecular formula is C17H16N4O. The Morgan fingerprint density at radius 1 is 1.14 bits per heavy atom. The average molecular weight is 292 g/mol. The third kappa shape index (κ3) is 2.69. The average Bonchev–Trinajstić information content (AvgIpc) is 3.00. The number of hydrogen-bond acceptors (Lipinski definition) is 2. The third-order valence-corrected chi connectivity index (χ3v) is 3.52. The molecule has 0 saturated heterocycles. The van der Waals surface area contributed by atoms with Gasteiger partial charge in [-0.05, 0) is 29.1 Å². The lowest BCUT2D eigenvalue weighted by Crippen LogP contribution is -2.40. The van der Waals surface area contributed by atoms with Crippen LogP contribution in [0.15, 0.2) is 60.8 Å². The van der Waals surface area contributed by atoms with Crippen molar-refractivity contribution in [1.82, 2.24) is 9.88 Å².